The predicted molar refractivity (Wildman–Crippen MR) is 117 cm³/mol. The van der Waals surface area contributed by atoms with E-state index in [1.54, 1.807) is 36.4 Å². The van der Waals surface area contributed by atoms with Crippen molar-refractivity contribution in [3.8, 4) is 5.75 Å². The monoisotopic (exact) mass is 451 g/mol. The minimum absolute atomic E-state index is 0.145. The third-order valence-electron chi connectivity index (χ3n) is 5.81. The number of carbonyl (C=O) groups excluding carboxylic acids is 4. The summed E-state index contributed by atoms with van der Waals surface area (Å²) in [7, 11) is 0. The molecule has 1 saturated carbocycles. The Morgan fingerprint density at radius 3 is 2.42 bits per heavy atom. The van der Waals surface area contributed by atoms with Gasteiger partial charge in [0.15, 0.2) is 6.61 Å². The molecule has 1 spiro atoms. The molecule has 2 fully saturated rings. The highest BCUT2D eigenvalue weighted by Gasteiger charge is 2.52. The van der Waals surface area contributed by atoms with E-state index >= 15 is 0 Å². The van der Waals surface area contributed by atoms with Crippen molar-refractivity contribution in [2.24, 2.45) is 0 Å². The Morgan fingerprint density at radius 2 is 1.67 bits per heavy atom. The maximum absolute atomic E-state index is 12.7. The molecule has 1 aliphatic carbocycles. The van der Waals surface area contributed by atoms with Crippen LogP contribution in [0.1, 0.15) is 48.0 Å². The molecule has 2 aliphatic rings. The first-order valence-electron chi connectivity index (χ1n) is 10.9. The van der Waals surface area contributed by atoms with Gasteiger partial charge in [-0.15, -0.1) is 0 Å². The van der Waals surface area contributed by atoms with Crippen LogP contribution in [0.2, 0.25) is 0 Å². The Balaban J connectivity index is 1.32. The number of amides is 4. The van der Waals surface area contributed by atoms with Gasteiger partial charge in [0.05, 0.1) is 5.56 Å². The summed E-state index contributed by atoms with van der Waals surface area (Å²) in [6, 6.07) is 15.3. The van der Waals surface area contributed by atoms with Crippen LogP contribution < -0.4 is 15.5 Å². The van der Waals surface area contributed by atoms with Crippen molar-refractivity contribution >= 4 is 23.8 Å². The number of rotatable bonds is 7. The number of hydrazine groups is 1. The highest BCUT2D eigenvalue weighted by molar-refractivity contribution is 6.08. The number of imide groups is 1. The van der Waals surface area contributed by atoms with E-state index in [2.05, 4.69) is 10.7 Å². The molecule has 0 radical (unpaired) electrons. The molecule has 33 heavy (non-hydrogen) atoms. The van der Waals surface area contributed by atoms with Gasteiger partial charge in [0, 0.05) is 5.56 Å². The van der Waals surface area contributed by atoms with Gasteiger partial charge in [-0.2, -0.15) is 5.01 Å². The van der Waals surface area contributed by atoms with Crippen LogP contribution in [0, 0.1) is 0 Å². The van der Waals surface area contributed by atoms with Crippen LogP contribution in [0.5, 0.6) is 5.75 Å². The average Bonchev–Trinajstić information content (AvgIpc) is 3.06. The first-order valence-corrected chi connectivity index (χ1v) is 10.9. The van der Waals surface area contributed by atoms with E-state index in [0.29, 0.717) is 29.2 Å². The number of benzene rings is 2. The topological polar surface area (TPSA) is 114 Å². The SMILES string of the molecule is O=C(COC(=O)c1ccccc1COc1ccccc1)NN1C(=O)NC2(CCCCC2)C1=O. The van der Waals surface area contributed by atoms with Gasteiger partial charge in [0.1, 0.15) is 17.9 Å². The van der Waals surface area contributed by atoms with E-state index in [1.165, 1.54) is 0 Å². The summed E-state index contributed by atoms with van der Waals surface area (Å²) >= 11 is 0. The zero-order valence-electron chi connectivity index (χ0n) is 18.0. The second kappa shape index (κ2) is 9.72. The molecule has 0 atom stereocenters. The summed E-state index contributed by atoms with van der Waals surface area (Å²) in [6.45, 7) is -0.497. The van der Waals surface area contributed by atoms with Crippen LogP contribution in [-0.2, 0) is 20.9 Å². The van der Waals surface area contributed by atoms with Crippen LogP contribution in [0.3, 0.4) is 0 Å². The number of esters is 1. The highest BCUT2D eigenvalue weighted by atomic mass is 16.5. The summed E-state index contributed by atoms with van der Waals surface area (Å²) < 4.78 is 10.8. The molecule has 4 amide bonds. The van der Waals surface area contributed by atoms with Gasteiger partial charge in [-0.3, -0.25) is 15.0 Å². The Bertz CT molecular complexity index is 1050. The smallest absolute Gasteiger partial charge is 0.344 e. The van der Waals surface area contributed by atoms with Crippen molar-refractivity contribution in [2.75, 3.05) is 6.61 Å². The van der Waals surface area contributed by atoms with Gasteiger partial charge in [-0.25, -0.2) is 9.59 Å². The van der Waals surface area contributed by atoms with E-state index in [-0.39, 0.29) is 12.2 Å². The fourth-order valence-corrected chi connectivity index (χ4v) is 4.10. The second-order valence-electron chi connectivity index (χ2n) is 8.08. The third-order valence-corrected chi connectivity index (χ3v) is 5.81. The largest absolute Gasteiger partial charge is 0.489 e. The maximum atomic E-state index is 12.7. The average molecular weight is 451 g/mol. The van der Waals surface area contributed by atoms with Gasteiger partial charge >= 0.3 is 12.0 Å². The Morgan fingerprint density at radius 1 is 0.970 bits per heavy atom. The van der Waals surface area contributed by atoms with Gasteiger partial charge in [0.2, 0.25) is 0 Å². The first-order chi connectivity index (χ1) is 16.0. The van der Waals surface area contributed by atoms with Crippen molar-refractivity contribution in [3.63, 3.8) is 0 Å². The summed E-state index contributed by atoms with van der Waals surface area (Å²) in [5.41, 5.74) is 2.16. The van der Waals surface area contributed by atoms with Crippen molar-refractivity contribution in [3.05, 3.63) is 65.7 Å². The minimum atomic E-state index is -0.947. The van der Waals surface area contributed by atoms with Crippen LogP contribution >= 0.6 is 0 Å². The van der Waals surface area contributed by atoms with Crippen molar-refractivity contribution in [1.82, 2.24) is 15.8 Å². The molecule has 1 heterocycles. The summed E-state index contributed by atoms with van der Waals surface area (Å²) in [6.07, 6.45) is 3.75. The van der Waals surface area contributed by atoms with Crippen molar-refractivity contribution < 1.29 is 28.7 Å². The van der Waals surface area contributed by atoms with E-state index in [9.17, 15) is 19.2 Å². The van der Waals surface area contributed by atoms with Crippen molar-refractivity contribution in [2.45, 2.75) is 44.2 Å². The zero-order chi connectivity index (χ0) is 23.3. The van der Waals surface area contributed by atoms with Gasteiger partial charge in [-0.1, -0.05) is 55.7 Å². The van der Waals surface area contributed by atoms with Crippen LogP contribution in [0.4, 0.5) is 4.79 Å². The fraction of sp³-hybridized carbons (Fsp3) is 0.333. The number of nitrogens with one attached hydrogen (secondary N) is 2. The fourth-order valence-electron chi connectivity index (χ4n) is 4.10. The number of urea groups is 1. The Labute approximate surface area is 191 Å². The zero-order valence-corrected chi connectivity index (χ0v) is 18.0. The van der Waals surface area contributed by atoms with E-state index < -0.39 is 36.0 Å². The van der Waals surface area contributed by atoms with Gasteiger partial charge < -0.3 is 14.8 Å². The highest BCUT2D eigenvalue weighted by Crippen LogP contribution is 2.33. The minimum Gasteiger partial charge on any atom is -0.489 e. The Kier molecular flexibility index (Phi) is 6.58. The molecule has 172 valence electrons. The van der Waals surface area contributed by atoms with Crippen LogP contribution in [0.15, 0.2) is 54.6 Å². The number of carbonyl (C=O) groups is 4. The van der Waals surface area contributed by atoms with Gasteiger partial charge in [0.25, 0.3) is 11.8 Å². The standard InChI is InChI=1S/C24H25N3O6/c28-20(26-27-22(30)24(25-23(27)31)13-7-2-8-14-24)16-33-21(29)19-12-6-5-9-17(19)15-32-18-10-3-1-4-11-18/h1,3-6,9-12H,2,7-8,13-16H2,(H,25,31)(H,26,28). The molecule has 0 aromatic heterocycles. The molecule has 2 aromatic rings. The van der Waals surface area contributed by atoms with E-state index in [0.717, 1.165) is 19.3 Å². The molecule has 0 bridgehead atoms. The molecule has 4 rings (SSSR count). The normalized spacial score (nSPS) is 16.9. The lowest BCUT2D eigenvalue weighted by Crippen LogP contribution is -2.51. The molecule has 2 aromatic carbocycles. The van der Waals surface area contributed by atoms with E-state index in [1.807, 2.05) is 18.2 Å². The molecule has 1 saturated heterocycles. The number of hydrogen-bond donors (Lipinski definition) is 2. The predicted octanol–water partition coefficient (Wildman–Crippen LogP) is 2.71. The van der Waals surface area contributed by atoms with Crippen LogP contribution in [0.25, 0.3) is 0 Å². The molecule has 2 N–H and O–H groups in total. The molecule has 0 unspecified atom stereocenters. The number of nitrogens with zero attached hydrogens (tertiary/aromatic N) is 1. The number of ether oxygens (including phenoxy) is 2. The summed E-state index contributed by atoms with van der Waals surface area (Å²) in [4.78, 5) is 49.8. The second-order valence-corrected chi connectivity index (χ2v) is 8.08. The lowest BCUT2D eigenvalue weighted by atomic mass is 9.82. The quantitative estimate of drug-likeness (QED) is 0.494. The maximum Gasteiger partial charge on any atom is 0.344 e. The first kappa shape index (κ1) is 22.3. The molecular formula is C24H25N3O6. The summed E-state index contributed by atoms with van der Waals surface area (Å²) in [5, 5.41) is 3.38. The molecular weight excluding hydrogens is 426 g/mol. The van der Waals surface area contributed by atoms with Crippen molar-refractivity contribution in [1.29, 1.82) is 0 Å². The van der Waals surface area contributed by atoms with Crippen LogP contribution in [-0.4, -0.2) is 41.0 Å². The molecule has 1 aliphatic heterocycles. The molecule has 9 nitrogen and oxygen atoms in total. The molecule has 9 heteroatoms. The lowest BCUT2D eigenvalue weighted by Gasteiger charge is -2.30. The Hall–Kier alpha value is -3.88. The summed E-state index contributed by atoms with van der Waals surface area (Å²) in [5.74, 6) is -1.31. The van der Waals surface area contributed by atoms with Gasteiger partial charge in [-0.05, 0) is 31.0 Å². The number of hydrogen-bond acceptors (Lipinski definition) is 6. The lowest BCUT2D eigenvalue weighted by molar-refractivity contribution is -0.140. The number of para-hydroxylation sites is 1. The van der Waals surface area contributed by atoms with E-state index in [4.69, 9.17) is 9.47 Å². The third kappa shape index (κ3) is 4.97.